The zero-order valence-electron chi connectivity index (χ0n) is 23.4. The van der Waals surface area contributed by atoms with Crippen LogP contribution in [0.5, 0.6) is 0 Å². The van der Waals surface area contributed by atoms with Crippen LogP contribution in [-0.4, -0.2) is 53.6 Å². The van der Waals surface area contributed by atoms with Crippen molar-refractivity contribution in [1.29, 1.82) is 0 Å². The number of Topliss-reactive ketones (excluding diaryl/α,β-unsaturated/α-hetero) is 1. The molecule has 4 N–H and O–H groups in total. The summed E-state index contributed by atoms with van der Waals surface area (Å²) in [5, 5.41) is 10.9. The van der Waals surface area contributed by atoms with E-state index < -0.39 is 47.5 Å². The van der Waals surface area contributed by atoms with Crippen molar-refractivity contribution in [3.63, 3.8) is 0 Å². The quantitative estimate of drug-likeness (QED) is 0.303. The molecule has 1 unspecified atom stereocenters. The topological polar surface area (TPSA) is 133 Å². The molecule has 1 aliphatic carbocycles. The molecule has 1 saturated carbocycles. The van der Waals surface area contributed by atoms with Crippen LogP contribution in [0.2, 0.25) is 0 Å². The lowest BCUT2D eigenvalue weighted by Gasteiger charge is -2.26. The average molecular weight is 549 g/mol. The second-order valence-corrected chi connectivity index (χ2v) is 10.7. The Labute approximate surface area is 235 Å². The number of benzene rings is 2. The molecule has 1 aliphatic rings. The van der Waals surface area contributed by atoms with Gasteiger partial charge in [-0.15, -0.1) is 0 Å². The fourth-order valence-electron chi connectivity index (χ4n) is 4.73. The number of rotatable bonds is 12. The van der Waals surface area contributed by atoms with Crippen molar-refractivity contribution in [3.05, 3.63) is 71.8 Å². The van der Waals surface area contributed by atoms with E-state index in [-0.39, 0.29) is 18.4 Å². The Bertz CT molecular complexity index is 1160. The summed E-state index contributed by atoms with van der Waals surface area (Å²) in [4.78, 5) is 64.7. The van der Waals surface area contributed by atoms with E-state index in [0.717, 1.165) is 37.7 Å². The summed E-state index contributed by atoms with van der Waals surface area (Å²) in [5.74, 6) is -3.30. The third kappa shape index (κ3) is 9.03. The van der Waals surface area contributed by atoms with Gasteiger partial charge in [-0.1, -0.05) is 81.6 Å². The number of ketones is 1. The summed E-state index contributed by atoms with van der Waals surface area (Å²) in [5.41, 5.74) is 1.24. The molecule has 214 valence electrons. The third-order valence-electron chi connectivity index (χ3n) is 7.10. The van der Waals surface area contributed by atoms with Gasteiger partial charge in [0, 0.05) is 18.0 Å². The van der Waals surface area contributed by atoms with Crippen LogP contribution in [0.25, 0.3) is 0 Å². The second kappa shape index (κ2) is 15.0. The van der Waals surface area contributed by atoms with Gasteiger partial charge in [0.05, 0.1) is 6.04 Å². The largest absolute Gasteiger partial charge is 0.347 e. The van der Waals surface area contributed by atoms with Gasteiger partial charge in [-0.05, 0) is 43.4 Å². The lowest BCUT2D eigenvalue weighted by atomic mass is 9.94. The maximum absolute atomic E-state index is 13.3. The maximum Gasteiger partial charge on any atom is 0.289 e. The van der Waals surface area contributed by atoms with Crippen molar-refractivity contribution < 1.29 is 24.0 Å². The summed E-state index contributed by atoms with van der Waals surface area (Å²) < 4.78 is 0. The van der Waals surface area contributed by atoms with Gasteiger partial charge in [-0.25, -0.2) is 0 Å². The van der Waals surface area contributed by atoms with Gasteiger partial charge in [0.2, 0.25) is 17.6 Å². The minimum Gasteiger partial charge on any atom is -0.347 e. The van der Waals surface area contributed by atoms with E-state index >= 15 is 0 Å². The number of carbonyl (C=O) groups is 5. The van der Waals surface area contributed by atoms with Crippen molar-refractivity contribution in [2.75, 3.05) is 0 Å². The highest BCUT2D eigenvalue weighted by molar-refractivity contribution is 6.38. The lowest BCUT2D eigenvalue weighted by molar-refractivity contribution is -0.141. The number of amides is 4. The highest BCUT2D eigenvalue weighted by atomic mass is 16.2. The van der Waals surface area contributed by atoms with E-state index in [1.165, 1.54) is 6.92 Å². The van der Waals surface area contributed by atoms with Gasteiger partial charge in [-0.3, -0.25) is 24.0 Å². The zero-order valence-corrected chi connectivity index (χ0v) is 23.4. The average Bonchev–Trinajstić information content (AvgIpc) is 2.96. The molecule has 0 bridgehead atoms. The van der Waals surface area contributed by atoms with Gasteiger partial charge >= 0.3 is 0 Å². The van der Waals surface area contributed by atoms with Crippen LogP contribution < -0.4 is 21.3 Å². The van der Waals surface area contributed by atoms with Gasteiger partial charge in [0.15, 0.2) is 0 Å². The summed E-state index contributed by atoms with van der Waals surface area (Å²) >= 11 is 0. The molecule has 9 heteroatoms. The summed E-state index contributed by atoms with van der Waals surface area (Å²) in [6.45, 7) is 4.99. The molecule has 9 nitrogen and oxygen atoms in total. The fourth-order valence-corrected chi connectivity index (χ4v) is 4.73. The summed E-state index contributed by atoms with van der Waals surface area (Å²) in [6.07, 6.45) is 5.04. The van der Waals surface area contributed by atoms with Gasteiger partial charge in [0.1, 0.15) is 12.1 Å². The van der Waals surface area contributed by atoms with Crippen LogP contribution in [0.15, 0.2) is 60.7 Å². The van der Waals surface area contributed by atoms with E-state index in [1.807, 2.05) is 30.3 Å². The Kier molecular flexibility index (Phi) is 11.4. The SMILES string of the molecule is CC(C)C(NC(=O)[C@H](C)NC(=O)[C@H](Cc1ccccc1)NC(=O)c1ccccc1)C(=O)C(=O)NC1CCCCC1. The van der Waals surface area contributed by atoms with Crippen molar-refractivity contribution in [2.24, 2.45) is 5.92 Å². The van der Waals surface area contributed by atoms with Crippen LogP contribution in [-0.2, 0) is 25.6 Å². The molecule has 40 heavy (non-hydrogen) atoms. The number of hydrogen-bond acceptors (Lipinski definition) is 5. The minimum atomic E-state index is -1.03. The molecule has 0 spiro atoms. The predicted molar refractivity (Wildman–Crippen MR) is 152 cm³/mol. The molecule has 1 fully saturated rings. The Morgan fingerprint density at radius 1 is 0.750 bits per heavy atom. The summed E-state index contributed by atoms with van der Waals surface area (Å²) in [6, 6.07) is 14.8. The molecule has 0 saturated heterocycles. The first-order valence-electron chi connectivity index (χ1n) is 14.0. The van der Waals surface area contributed by atoms with E-state index in [2.05, 4.69) is 21.3 Å². The first-order valence-corrected chi connectivity index (χ1v) is 14.0. The van der Waals surface area contributed by atoms with E-state index in [0.29, 0.717) is 5.56 Å². The zero-order chi connectivity index (χ0) is 29.1. The molecule has 0 aromatic heterocycles. The molecular weight excluding hydrogens is 508 g/mol. The first kappa shape index (κ1) is 30.5. The normalized spacial score (nSPS) is 15.8. The molecule has 0 radical (unpaired) electrons. The van der Waals surface area contributed by atoms with Gasteiger partial charge in [-0.2, -0.15) is 0 Å². The fraction of sp³-hybridized carbons (Fsp3) is 0.452. The molecule has 0 heterocycles. The smallest absolute Gasteiger partial charge is 0.289 e. The summed E-state index contributed by atoms with van der Waals surface area (Å²) in [7, 11) is 0. The number of hydrogen-bond donors (Lipinski definition) is 4. The lowest BCUT2D eigenvalue weighted by Crippen LogP contribution is -2.57. The Morgan fingerprint density at radius 3 is 1.95 bits per heavy atom. The monoisotopic (exact) mass is 548 g/mol. The van der Waals surface area contributed by atoms with Crippen molar-refractivity contribution >= 4 is 29.4 Å². The van der Waals surface area contributed by atoms with Crippen LogP contribution in [0, 0.1) is 5.92 Å². The van der Waals surface area contributed by atoms with E-state index in [9.17, 15) is 24.0 Å². The highest BCUT2D eigenvalue weighted by Gasteiger charge is 2.33. The standard InChI is InChI=1S/C31H40N4O5/c1-20(2)26(27(36)31(40)33-24-17-11-6-12-18-24)35-28(37)21(3)32-30(39)25(19-22-13-7-4-8-14-22)34-29(38)23-15-9-5-10-16-23/h4-5,7-10,13-16,20-21,24-26H,6,11-12,17-19H2,1-3H3,(H,32,39)(H,33,40)(H,34,38)(H,35,37)/t21-,25-,26?/m0/s1. The molecule has 0 aliphatic heterocycles. The molecule has 4 amide bonds. The van der Waals surface area contributed by atoms with Gasteiger partial charge in [0.25, 0.3) is 11.8 Å². The molecule has 3 rings (SSSR count). The Balaban J connectivity index is 1.64. The van der Waals surface area contributed by atoms with Gasteiger partial charge < -0.3 is 21.3 Å². The Hall–Kier alpha value is -4.01. The van der Waals surface area contributed by atoms with Crippen LogP contribution in [0.1, 0.15) is 68.8 Å². The van der Waals surface area contributed by atoms with Crippen molar-refractivity contribution in [2.45, 2.75) is 83.5 Å². The van der Waals surface area contributed by atoms with Crippen LogP contribution in [0.4, 0.5) is 0 Å². The second-order valence-electron chi connectivity index (χ2n) is 10.7. The molecule has 3 atom stereocenters. The van der Waals surface area contributed by atoms with E-state index in [4.69, 9.17) is 0 Å². The first-order chi connectivity index (χ1) is 19.2. The molecule has 2 aromatic carbocycles. The minimum absolute atomic E-state index is 0.0282. The van der Waals surface area contributed by atoms with Crippen molar-refractivity contribution in [1.82, 2.24) is 21.3 Å². The Morgan fingerprint density at radius 2 is 1.35 bits per heavy atom. The van der Waals surface area contributed by atoms with Crippen LogP contribution >= 0.6 is 0 Å². The maximum atomic E-state index is 13.3. The van der Waals surface area contributed by atoms with E-state index in [1.54, 1.807) is 44.2 Å². The van der Waals surface area contributed by atoms with Crippen LogP contribution in [0.3, 0.4) is 0 Å². The number of carbonyl (C=O) groups excluding carboxylic acids is 5. The predicted octanol–water partition coefficient (Wildman–Crippen LogP) is 2.69. The highest BCUT2D eigenvalue weighted by Crippen LogP contribution is 2.17. The number of nitrogens with one attached hydrogen (secondary N) is 4. The van der Waals surface area contributed by atoms with Crippen molar-refractivity contribution in [3.8, 4) is 0 Å². The molecule has 2 aromatic rings. The molecular formula is C31H40N4O5. The third-order valence-corrected chi connectivity index (χ3v) is 7.10.